The van der Waals surface area contributed by atoms with Gasteiger partial charge in [0.05, 0.1) is 17.2 Å². The van der Waals surface area contributed by atoms with E-state index < -0.39 is 28.9 Å². The Kier molecular flexibility index (Phi) is 4.14. The molecule has 0 aromatic heterocycles. The minimum absolute atomic E-state index is 0.143. The molecule has 4 nitrogen and oxygen atoms in total. The summed E-state index contributed by atoms with van der Waals surface area (Å²) in [5.74, 6) is -4.27. The molecule has 0 unspecified atom stereocenters. The standard InChI is InChI=1S/C15H9F2NO3/c16-12-5-11(15(19)20)6-13(17)14(12)21-8-10-3-1-2-9(4-10)7-18/h1-6H,8H2,(H,19,20). The summed E-state index contributed by atoms with van der Waals surface area (Å²) < 4.78 is 32.3. The summed E-state index contributed by atoms with van der Waals surface area (Å²) in [6.07, 6.45) is 0. The lowest BCUT2D eigenvalue weighted by molar-refractivity contribution is 0.0695. The molecule has 6 heteroatoms. The summed E-state index contributed by atoms with van der Waals surface area (Å²) in [5.41, 5.74) is 0.470. The molecule has 0 fully saturated rings. The Labute approximate surface area is 118 Å². The first kappa shape index (κ1) is 14.5. The van der Waals surface area contributed by atoms with Crippen molar-refractivity contribution in [3.05, 3.63) is 64.7 Å². The van der Waals surface area contributed by atoms with Gasteiger partial charge in [-0.3, -0.25) is 0 Å². The number of hydrogen-bond donors (Lipinski definition) is 1. The maximum absolute atomic E-state index is 13.6. The van der Waals surface area contributed by atoms with Gasteiger partial charge in [-0.15, -0.1) is 0 Å². The van der Waals surface area contributed by atoms with Crippen molar-refractivity contribution >= 4 is 5.97 Å². The number of carboxylic acid groups (broad SMARTS) is 1. The molecule has 0 saturated heterocycles. The van der Waals surface area contributed by atoms with Crippen molar-refractivity contribution < 1.29 is 23.4 Å². The SMILES string of the molecule is N#Cc1cccc(COc2c(F)cc(C(=O)O)cc2F)c1. The molecule has 0 saturated carbocycles. The lowest BCUT2D eigenvalue weighted by atomic mass is 10.1. The Morgan fingerprint density at radius 2 is 1.90 bits per heavy atom. The van der Waals surface area contributed by atoms with Crippen LogP contribution in [-0.4, -0.2) is 11.1 Å². The number of carbonyl (C=O) groups is 1. The summed E-state index contributed by atoms with van der Waals surface area (Å²) in [6.45, 7) is -0.143. The van der Waals surface area contributed by atoms with E-state index in [1.165, 1.54) is 6.07 Å². The van der Waals surface area contributed by atoms with Crippen LogP contribution in [0.2, 0.25) is 0 Å². The van der Waals surface area contributed by atoms with Gasteiger partial charge < -0.3 is 9.84 Å². The van der Waals surface area contributed by atoms with E-state index in [-0.39, 0.29) is 6.61 Å². The summed E-state index contributed by atoms with van der Waals surface area (Å²) in [4.78, 5) is 10.7. The molecule has 0 aliphatic carbocycles. The van der Waals surface area contributed by atoms with Gasteiger partial charge in [-0.25, -0.2) is 13.6 Å². The molecule has 2 aromatic rings. The second kappa shape index (κ2) is 6.01. The fourth-order valence-corrected chi connectivity index (χ4v) is 1.71. The normalized spacial score (nSPS) is 9.95. The van der Waals surface area contributed by atoms with Gasteiger partial charge in [0, 0.05) is 0 Å². The topological polar surface area (TPSA) is 70.3 Å². The van der Waals surface area contributed by atoms with E-state index in [4.69, 9.17) is 15.1 Å². The molecule has 0 heterocycles. The Bertz CT molecular complexity index is 715. The smallest absolute Gasteiger partial charge is 0.335 e. The highest BCUT2D eigenvalue weighted by Crippen LogP contribution is 2.24. The highest BCUT2D eigenvalue weighted by Gasteiger charge is 2.16. The molecule has 0 bridgehead atoms. The van der Waals surface area contributed by atoms with E-state index in [2.05, 4.69) is 0 Å². The van der Waals surface area contributed by atoms with Gasteiger partial charge in [0.2, 0.25) is 0 Å². The van der Waals surface area contributed by atoms with E-state index in [1.807, 2.05) is 6.07 Å². The summed E-state index contributed by atoms with van der Waals surface area (Å²) >= 11 is 0. The van der Waals surface area contributed by atoms with Crippen LogP contribution in [0.4, 0.5) is 8.78 Å². The van der Waals surface area contributed by atoms with Crippen LogP contribution in [-0.2, 0) is 6.61 Å². The molecule has 106 valence electrons. The number of nitriles is 1. The van der Waals surface area contributed by atoms with Crippen LogP contribution in [0, 0.1) is 23.0 Å². The predicted molar refractivity (Wildman–Crippen MR) is 68.8 cm³/mol. The largest absolute Gasteiger partial charge is 0.483 e. The second-order valence-electron chi connectivity index (χ2n) is 4.18. The monoisotopic (exact) mass is 289 g/mol. The average Bonchev–Trinajstić information content (AvgIpc) is 2.46. The Hall–Kier alpha value is -2.94. The molecular formula is C15H9F2NO3. The molecule has 0 aliphatic heterocycles. The maximum Gasteiger partial charge on any atom is 0.335 e. The van der Waals surface area contributed by atoms with Crippen molar-refractivity contribution in [3.8, 4) is 11.8 Å². The number of hydrogen-bond acceptors (Lipinski definition) is 3. The van der Waals surface area contributed by atoms with Crippen molar-refractivity contribution in [2.45, 2.75) is 6.61 Å². The molecule has 2 rings (SSSR count). The second-order valence-corrected chi connectivity index (χ2v) is 4.18. The fourth-order valence-electron chi connectivity index (χ4n) is 1.71. The molecule has 1 N–H and O–H groups in total. The molecule has 0 atom stereocenters. The van der Waals surface area contributed by atoms with Crippen LogP contribution in [0.5, 0.6) is 5.75 Å². The van der Waals surface area contributed by atoms with Crippen LogP contribution in [0.25, 0.3) is 0 Å². The number of halogens is 2. The predicted octanol–water partition coefficient (Wildman–Crippen LogP) is 3.11. The Balaban J connectivity index is 2.20. The number of benzene rings is 2. The van der Waals surface area contributed by atoms with Crippen molar-refractivity contribution in [1.82, 2.24) is 0 Å². The highest BCUT2D eigenvalue weighted by molar-refractivity contribution is 5.87. The minimum Gasteiger partial charge on any atom is -0.483 e. The van der Waals surface area contributed by atoms with E-state index in [0.29, 0.717) is 23.3 Å². The zero-order valence-electron chi connectivity index (χ0n) is 10.6. The highest BCUT2D eigenvalue weighted by atomic mass is 19.1. The third kappa shape index (κ3) is 3.34. The van der Waals surface area contributed by atoms with Gasteiger partial charge in [0.1, 0.15) is 6.61 Å². The van der Waals surface area contributed by atoms with Crippen LogP contribution < -0.4 is 4.74 Å². The summed E-state index contributed by atoms with van der Waals surface area (Å²) in [5, 5.41) is 17.4. The lowest BCUT2D eigenvalue weighted by Gasteiger charge is -2.09. The first-order valence-electron chi connectivity index (χ1n) is 5.85. The molecule has 0 radical (unpaired) electrons. The Morgan fingerprint density at radius 3 is 2.48 bits per heavy atom. The van der Waals surface area contributed by atoms with Crippen LogP contribution in [0.1, 0.15) is 21.5 Å². The zero-order chi connectivity index (χ0) is 15.4. The van der Waals surface area contributed by atoms with Crippen LogP contribution in [0.15, 0.2) is 36.4 Å². The minimum atomic E-state index is -1.43. The fraction of sp³-hybridized carbons (Fsp3) is 0.0667. The van der Waals surface area contributed by atoms with Crippen LogP contribution in [0.3, 0.4) is 0 Å². The van der Waals surface area contributed by atoms with Gasteiger partial charge in [-0.2, -0.15) is 5.26 Å². The third-order valence-electron chi connectivity index (χ3n) is 2.68. The number of carboxylic acids is 1. The quantitative estimate of drug-likeness (QED) is 0.938. The molecule has 2 aromatic carbocycles. The Morgan fingerprint density at radius 1 is 1.24 bits per heavy atom. The number of ether oxygens (including phenoxy) is 1. The van der Waals surface area contributed by atoms with Gasteiger partial charge in [0.25, 0.3) is 0 Å². The zero-order valence-corrected chi connectivity index (χ0v) is 10.6. The summed E-state index contributed by atoms with van der Waals surface area (Å²) in [7, 11) is 0. The third-order valence-corrected chi connectivity index (χ3v) is 2.68. The van der Waals surface area contributed by atoms with Crippen molar-refractivity contribution in [1.29, 1.82) is 5.26 Å². The lowest BCUT2D eigenvalue weighted by Crippen LogP contribution is -2.04. The first-order valence-corrected chi connectivity index (χ1v) is 5.85. The number of nitrogens with zero attached hydrogens (tertiary/aromatic N) is 1. The molecule has 21 heavy (non-hydrogen) atoms. The van der Waals surface area contributed by atoms with E-state index in [1.54, 1.807) is 18.2 Å². The molecule has 0 spiro atoms. The maximum atomic E-state index is 13.6. The van der Waals surface area contributed by atoms with Crippen molar-refractivity contribution in [2.24, 2.45) is 0 Å². The van der Waals surface area contributed by atoms with Gasteiger partial charge in [-0.1, -0.05) is 12.1 Å². The first-order chi connectivity index (χ1) is 10.0. The number of aromatic carboxylic acids is 1. The van der Waals surface area contributed by atoms with Gasteiger partial charge in [-0.05, 0) is 29.8 Å². The van der Waals surface area contributed by atoms with E-state index >= 15 is 0 Å². The summed E-state index contributed by atoms with van der Waals surface area (Å²) in [6, 6.07) is 9.70. The number of rotatable bonds is 4. The van der Waals surface area contributed by atoms with Crippen molar-refractivity contribution in [3.63, 3.8) is 0 Å². The average molecular weight is 289 g/mol. The van der Waals surface area contributed by atoms with Crippen molar-refractivity contribution in [2.75, 3.05) is 0 Å². The van der Waals surface area contributed by atoms with E-state index in [9.17, 15) is 13.6 Å². The molecule has 0 amide bonds. The van der Waals surface area contributed by atoms with Crippen LogP contribution >= 0.6 is 0 Å². The molecular weight excluding hydrogens is 280 g/mol. The van der Waals surface area contributed by atoms with Gasteiger partial charge >= 0.3 is 5.97 Å². The molecule has 0 aliphatic rings. The van der Waals surface area contributed by atoms with E-state index in [0.717, 1.165) is 0 Å². The van der Waals surface area contributed by atoms with Gasteiger partial charge in [0.15, 0.2) is 17.4 Å².